The van der Waals surface area contributed by atoms with Crippen molar-refractivity contribution in [2.24, 2.45) is 16.7 Å². The first-order chi connectivity index (χ1) is 36.8. The highest BCUT2D eigenvalue weighted by Crippen LogP contribution is 2.65. The number of ether oxygens (including phenoxy) is 9. The zero-order valence-corrected chi connectivity index (χ0v) is 43.3. The van der Waals surface area contributed by atoms with Gasteiger partial charge in [0, 0.05) is 37.7 Å². The lowest BCUT2D eigenvalue weighted by Crippen LogP contribution is -2.82. The highest BCUT2D eigenvalue weighted by atomic mass is 16.6. The number of carboxylic acids is 2. The number of aliphatic carboxylic acids is 2. The van der Waals surface area contributed by atoms with Gasteiger partial charge in [-0.2, -0.15) is 0 Å². The Morgan fingerprint density at radius 1 is 0.718 bits per heavy atom. The molecule has 4 aliphatic rings. The maximum absolute atomic E-state index is 16.2. The number of carboxylic acid groups (broad SMARTS) is 2. The Bertz CT molecular complexity index is 2850. The second kappa shape index (κ2) is 23.4. The Kier molecular flexibility index (Phi) is 17.3. The van der Waals surface area contributed by atoms with Crippen molar-refractivity contribution in [1.82, 2.24) is 5.32 Å². The number of hydrogen-bond acceptors (Lipinski definition) is 20. The van der Waals surface area contributed by atoms with E-state index in [1.807, 2.05) is 0 Å². The SMILES string of the molecule is CC(=O)O[C@H]1C(=O)[C@]2(C)[C@@H](OC(=O)COCC(=O)O)C[C@H]3OC[C@@]3(OC(C)=O)[C@H]2[C@H](OC(=O)c2ccccc2)[C@]2(O)C[C@H](OC(=O)[C@H](OC(=O)COCC(=O)O)[C@@H](NC(=O)c3ccccc3)c3ccccc3)C(C)=C1C2(C)C. The van der Waals surface area contributed by atoms with Gasteiger partial charge in [0.2, 0.25) is 6.10 Å². The van der Waals surface area contributed by atoms with Crippen molar-refractivity contribution >= 4 is 59.4 Å². The third-order valence-electron chi connectivity index (χ3n) is 14.8. The van der Waals surface area contributed by atoms with Crippen molar-refractivity contribution in [3.63, 3.8) is 0 Å². The molecule has 3 fully saturated rings. The smallest absolute Gasteiger partial charge is 0.350 e. The molecule has 416 valence electrons. The van der Waals surface area contributed by atoms with Crippen molar-refractivity contribution < 1.29 is 106 Å². The van der Waals surface area contributed by atoms with E-state index in [-0.39, 0.29) is 27.8 Å². The fraction of sp³-hybridized carbons (Fsp3) is 0.455. The van der Waals surface area contributed by atoms with Gasteiger partial charge in [-0.25, -0.2) is 28.8 Å². The summed E-state index contributed by atoms with van der Waals surface area (Å²) in [4.78, 5) is 137. The van der Waals surface area contributed by atoms with Crippen LogP contribution in [0.4, 0.5) is 0 Å². The number of carbonyl (C=O) groups is 10. The standard InChI is InChI=1S/C55H59NO22/c1-29-35(74-51(68)45(76-41(64)27-71-25-39(61)62)43(32-16-10-7-11-17-32)56-49(66)33-18-12-8-13-19-33)23-55(69)48(77-50(67)34-20-14-9-15-21-34)46-53(6,47(65)44(73-30(2)57)42(29)52(55,4)5)36(75-40(63)26-70-24-38(59)60)22-37-54(46,28-72-37)78-31(3)58/h7-21,35-37,43-46,48,69H,22-28H2,1-6H3,(H,56,66)(H,59,60)(H,61,62)/t35-,36-,37+,43-,44+,45+,46-,48-,53+,54-,55+/m0/s1. The Labute approximate surface area is 446 Å². The molecule has 23 nitrogen and oxygen atoms in total. The summed E-state index contributed by atoms with van der Waals surface area (Å²) in [5.74, 6) is -13.3. The molecular weight excluding hydrogens is 1030 g/mol. The molecule has 2 saturated carbocycles. The van der Waals surface area contributed by atoms with E-state index in [9.17, 15) is 53.7 Å². The van der Waals surface area contributed by atoms with Gasteiger partial charge in [0.1, 0.15) is 62.5 Å². The normalized spacial score (nSPS) is 27.4. The summed E-state index contributed by atoms with van der Waals surface area (Å²) in [6, 6.07) is 21.5. The number of benzene rings is 3. The topological polar surface area (TPSA) is 326 Å². The summed E-state index contributed by atoms with van der Waals surface area (Å²) in [6.45, 7) is 3.42. The van der Waals surface area contributed by atoms with E-state index in [1.54, 1.807) is 42.5 Å². The summed E-state index contributed by atoms with van der Waals surface area (Å²) in [7, 11) is 0. The highest BCUT2D eigenvalue weighted by molar-refractivity contribution is 5.97. The highest BCUT2D eigenvalue weighted by Gasteiger charge is 2.79. The number of fused-ring (bicyclic) bond motifs is 5. The van der Waals surface area contributed by atoms with E-state index in [2.05, 4.69) is 5.32 Å². The molecule has 0 aromatic heterocycles. The Hall–Kier alpha value is -7.86. The Balaban J connectivity index is 1.44. The van der Waals surface area contributed by atoms with E-state index in [0.29, 0.717) is 0 Å². The van der Waals surface area contributed by atoms with Crippen LogP contribution in [0.15, 0.2) is 102 Å². The molecule has 1 heterocycles. The summed E-state index contributed by atoms with van der Waals surface area (Å²) >= 11 is 0. The van der Waals surface area contributed by atoms with Crippen LogP contribution in [0.25, 0.3) is 0 Å². The van der Waals surface area contributed by atoms with Crippen LogP contribution in [-0.2, 0) is 81.0 Å². The Morgan fingerprint density at radius 3 is 1.82 bits per heavy atom. The van der Waals surface area contributed by atoms with Crippen molar-refractivity contribution in [3.05, 3.63) is 119 Å². The van der Waals surface area contributed by atoms with Crippen molar-refractivity contribution in [2.45, 2.75) is 108 Å². The number of nitrogens with one attached hydrogen (secondary N) is 1. The van der Waals surface area contributed by atoms with Crippen LogP contribution in [0.1, 0.15) is 86.7 Å². The molecule has 11 atom stereocenters. The van der Waals surface area contributed by atoms with Gasteiger partial charge < -0.3 is 63.3 Å². The molecule has 0 radical (unpaired) electrons. The van der Waals surface area contributed by atoms with Crippen LogP contribution in [0.5, 0.6) is 0 Å². The lowest BCUT2D eigenvalue weighted by Gasteiger charge is -2.67. The minimum Gasteiger partial charge on any atom is -0.480 e. The van der Waals surface area contributed by atoms with Crippen LogP contribution in [0, 0.1) is 16.7 Å². The first-order valence-electron chi connectivity index (χ1n) is 24.7. The first kappa shape index (κ1) is 57.8. The molecule has 2 bridgehead atoms. The number of ketones is 1. The number of amides is 1. The van der Waals surface area contributed by atoms with Crippen molar-refractivity contribution in [2.75, 3.05) is 33.0 Å². The molecule has 1 aliphatic heterocycles. The predicted octanol–water partition coefficient (Wildman–Crippen LogP) is 3.04. The summed E-state index contributed by atoms with van der Waals surface area (Å²) in [5.41, 5.74) is -8.80. The molecule has 78 heavy (non-hydrogen) atoms. The fourth-order valence-corrected chi connectivity index (χ4v) is 11.2. The van der Waals surface area contributed by atoms with Crippen LogP contribution in [0.2, 0.25) is 0 Å². The minimum atomic E-state index is -2.65. The molecule has 1 saturated heterocycles. The van der Waals surface area contributed by atoms with E-state index in [1.165, 1.54) is 76.2 Å². The zero-order valence-electron chi connectivity index (χ0n) is 43.3. The molecular formula is C55H59NO22. The second-order valence-corrected chi connectivity index (χ2v) is 20.1. The second-order valence-electron chi connectivity index (χ2n) is 20.1. The van der Waals surface area contributed by atoms with Crippen molar-refractivity contribution in [3.8, 4) is 0 Å². The number of Topliss-reactive ketones (excluding diaryl/α,β-unsaturated/α-hetero) is 1. The maximum atomic E-state index is 16.2. The molecule has 3 aromatic rings. The third-order valence-corrected chi connectivity index (χ3v) is 14.8. The van der Waals surface area contributed by atoms with E-state index in [0.717, 1.165) is 13.8 Å². The van der Waals surface area contributed by atoms with Gasteiger partial charge in [0.15, 0.2) is 17.5 Å². The van der Waals surface area contributed by atoms with Gasteiger partial charge in [-0.3, -0.25) is 19.2 Å². The molecule has 0 unspecified atom stereocenters. The summed E-state index contributed by atoms with van der Waals surface area (Å²) in [6.07, 6.45) is -12.1. The lowest BCUT2D eigenvalue weighted by molar-refractivity contribution is -0.346. The van der Waals surface area contributed by atoms with Crippen LogP contribution >= 0.6 is 0 Å². The zero-order chi connectivity index (χ0) is 56.9. The average Bonchev–Trinajstić information content (AvgIpc) is 3.42. The summed E-state index contributed by atoms with van der Waals surface area (Å²) in [5, 5.41) is 35.3. The monoisotopic (exact) mass is 1090 g/mol. The van der Waals surface area contributed by atoms with E-state index in [4.69, 9.17) is 42.6 Å². The van der Waals surface area contributed by atoms with Crippen molar-refractivity contribution in [1.29, 1.82) is 0 Å². The molecule has 0 spiro atoms. The van der Waals surface area contributed by atoms with Gasteiger partial charge in [-0.15, -0.1) is 0 Å². The van der Waals surface area contributed by atoms with Crippen LogP contribution < -0.4 is 5.32 Å². The lowest BCUT2D eigenvalue weighted by atomic mass is 9.44. The third kappa shape index (κ3) is 11.5. The number of rotatable bonds is 20. The number of esters is 6. The Morgan fingerprint density at radius 2 is 1.28 bits per heavy atom. The molecule has 1 amide bonds. The molecule has 7 rings (SSSR count). The quantitative estimate of drug-likeness (QED) is 0.0718. The largest absolute Gasteiger partial charge is 0.480 e. The minimum absolute atomic E-state index is 0.0155. The van der Waals surface area contributed by atoms with Crippen LogP contribution in [0.3, 0.4) is 0 Å². The van der Waals surface area contributed by atoms with E-state index < -0.39 is 176 Å². The average molecular weight is 1090 g/mol. The molecule has 23 heteroatoms. The number of aliphatic hydroxyl groups is 1. The van der Waals surface area contributed by atoms with Gasteiger partial charge >= 0.3 is 47.8 Å². The number of carbonyl (C=O) groups excluding carboxylic acids is 8. The fourth-order valence-electron chi connectivity index (χ4n) is 11.2. The number of hydrogen-bond donors (Lipinski definition) is 4. The van der Waals surface area contributed by atoms with Gasteiger partial charge in [-0.1, -0.05) is 80.6 Å². The van der Waals surface area contributed by atoms with E-state index >= 15 is 9.59 Å². The van der Waals surface area contributed by atoms with Crippen LogP contribution in [-0.4, -0.2) is 156 Å². The van der Waals surface area contributed by atoms with Gasteiger partial charge in [0.05, 0.1) is 23.5 Å². The maximum Gasteiger partial charge on any atom is 0.350 e. The predicted molar refractivity (Wildman–Crippen MR) is 262 cm³/mol. The molecule has 4 N–H and O–H groups in total. The summed E-state index contributed by atoms with van der Waals surface area (Å²) < 4.78 is 52.6. The van der Waals surface area contributed by atoms with Gasteiger partial charge in [0.25, 0.3) is 5.91 Å². The first-order valence-corrected chi connectivity index (χ1v) is 24.7. The van der Waals surface area contributed by atoms with Gasteiger partial charge in [-0.05, 0) is 54.8 Å². The molecule has 3 aliphatic carbocycles. The molecule has 3 aromatic carbocycles.